The summed E-state index contributed by atoms with van der Waals surface area (Å²) >= 11 is 0. The van der Waals surface area contributed by atoms with E-state index in [0.717, 1.165) is 26.1 Å². The molecule has 1 heterocycles. The molecule has 7 heteroatoms. The van der Waals surface area contributed by atoms with Gasteiger partial charge >= 0.3 is 0 Å². The van der Waals surface area contributed by atoms with Gasteiger partial charge in [-0.15, -0.1) is 0 Å². The molecule has 1 aliphatic rings. The summed E-state index contributed by atoms with van der Waals surface area (Å²) in [6.07, 6.45) is 0.886. The van der Waals surface area contributed by atoms with Crippen LogP contribution in [-0.4, -0.2) is 69.9 Å². The highest BCUT2D eigenvalue weighted by Gasteiger charge is 2.18. The third kappa shape index (κ3) is 6.88. The second-order valence-electron chi connectivity index (χ2n) is 6.19. The van der Waals surface area contributed by atoms with E-state index in [9.17, 15) is 4.39 Å². The van der Waals surface area contributed by atoms with Crippen LogP contribution in [0.15, 0.2) is 29.3 Å². The molecule has 2 atom stereocenters. The first-order chi connectivity index (χ1) is 12.1. The molecule has 2 unspecified atom stereocenters. The molecule has 0 radical (unpaired) electrons. The number of aliphatic imine (C=N–C) groups is 1. The van der Waals surface area contributed by atoms with Crippen LogP contribution >= 0.6 is 0 Å². The molecule has 140 valence electrons. The van der Waals surface area contributed by atoms with Crippen molar-refractivity contribution < 1.29 is 13.9 Å². The monoisotopic (exact) mass is 352 g/mol. The van der Waals surface area contributed by atoms with Gasteiger partial charge in [-0.2, -0.15) is 0 Å². The fourth-order valence-corrected chi connectivity index (χ4v) is 2.63. The zero-order valence-electron chi connectivity index (χ0n) is 15.3. The second-order valence-corrected chi connectivity index (χ2v) is 6.19. The Morgan fingerprint density at radius 1 is 1.48 bits per heavy atom. The number of hydrogen-bond donors (Lipinski definition) is 2. The lowest BCUT2D eigenvalue weighted by Gasteiger charge is -2.30. The molecule has 2 rings (SSSR count). The highest BCUT2D eigenvalue weighted by molar-refractivity contribution is 5.79. The number of likely N-dealkylation sites (N-methyl/N-ethyl adjacent to an activating group) is 1. The van der Waals surface area contributed by atoms with Crippen molar-refractivity contribution in [2.75, 3.05) is 46.9 Å². The van der Waals surface area contributed by atoms with Gasteiger partial charge in [-0.1, -0.05) is 13.0 Å². The van der Waals surface area contributed by atoms with Crippen LogP contribution in [0.25, 0.3) is 0 Å². The largest absolute Gasteiger partial charge is 0.489 e. The van der Waals surface area contributed by atoms with E-state index in [-0.39, 0.29) is 18.0 Å². The van der Waals surface area contributed by atoms with E-state index in [4.69, 9.17) is 9.47 Å². The lowest BCUT2D eigenvalue weighted by atomic mass is 10.2. The molecule has 0 aliphatic carbocycles. The van der Waals surface area contributed by atoms with E-state index in [2.05, 4.69) is 27.6 Å². The first kappa shape index (κ1) is 19.5. The summed E-state index contributed by atoms with van der Waals surface area (Å²) in [5.74, 6) is 0.948. The number of nitrogens with zero attached hydrogens (tertiary/aromatic N) is 2. The summed E-state index contributed by atoms with van der Waals surface area (Å²) in [5.41, 5.74) is 0. The SMILES string of the molecule is CCC(CNC(=NC)NCC1CN(C)CCO1)Oc1cccc(F)c1. The number of benzene rings is 1. The van der Waals surface area contributed by atoms with Gasteiger partial charge in [-0.3, -0.25) is 4.99 Å². The molecule has 25 heavy (non-hydrogen) atoms. The van der Waals surface area contributed by atoms with Gasteiger partial charge in [0.05, 0.1) is 19.3 Å². The third-order valence-corrected chi connectivity index (χ3v) is 4.11. The maximum absolute atomic E-state index is 13.3. The number of morpholine rings is 1. The van der Waals surface area contributed by atoms with Gasteiger partial charge < -0.3 is 25.0 Å². The molecule has 2 N–H and O–H groups in total. The van der Waals surface area contributed by atoms with E-state index < -0.39 is 0 Å². The normalized spacial score (nSPS) is 20.2. The van der Waals surface area contributed by atoms with Crippen molar-refractivity contribution in [3.63, 3.8) is 0 Å². The van der Waals surface area contributed by atoms with Crippen molar-refractivity contribution in [1.29, 1.82) is 0 Å². The Hall–Kier alpha value is -1.86. The van der Waals surface area contributed by atoms with E-state index >= 15 is 0 Å². The number of rotatable bonds is 7. The zero-order chi connectivity index (χ0) is 18.1. The molecule has 1 aromatic rings. The lowest BCUT2D eigenvalue weighted by molar-refractivity contribution is -0.0161. The lowest BCUT2D eigenvalue weighted by Crippen LogP contribution is -2.49. The van der Waals surface area contributed by atoms with Gasteiger partial charge in [0.15, 0.2) is 5.96 Å². The zero-order valence-corrected chi connectivity index (χ0v) is 15.3. The first-order valence-corrected chi connectivity index (χ1v) is 8.77. The number of ether oxygens (including phenoxy) is 2. The Bertz CT molecular complexity index is 556. The average Bonchev–Trinajstić information content (AvgIpc) is 2.61. The number of halogens is 1. The maximum atomic E-state index is 13.3. The molecule has 0 saturated carbocycles. The van der Waals surface area contributed by atoms with Crippen LogP contribution in [-0.2, 0) is 4.74 Å². The molecule has 1 aliphatic heterocycles. The van der Waals surface area contributed by atoms with Crippen molar-refractivity contribution in [1.82, 2.24) is 15.5 Å². The second kappa shape index (κ2) is 10.2. The minimum Gasteiger partial charge on any atom is -0.489 e. The van der Waals surface area contributed by atoms with E-state index in [1.54, 1.807) is 19.2 Å². The fraction of sp³-hybridized carbons (Fsp3) is 0.611. The van der Waals surface area contributed by atoms with Crippen LogP contribution in [0.2, 0.25) is 0 Å². The van der Waals surface area contributed by atoms with Crippen molar-refractivity contribution in [2.24, 2.45) is 4.99 Å². The summed E-state index contributed by atoms with van der Waals surface area (Å²) in [6, 6.07) is 6.21. The molecule has 1 fully saturated rings. The number of guanidine groups is 1. The molecule has 0 aromatic heterocycles. The number of nitrogens with one attached hydrogen (secondary N) is 2. The van der Waals surface area contributed by atoms with Crippen LogP contribution in [0.4, 0.5) is 4.39 Å². The van der Waals surface area contributed by atoms with Crippen LogP contribution in [0.5, 0.6) is 5.75 Å². The summed E-state index contributed by atoms with van der Waals surface area (Å²) in [7, 11) is 3.83. The summed E-state index contributed by atoms with van der Waals surface area (Å²) in [4.78, 5) is 6.48. The average molecular weight is 352 g/mol. The highest BCUT2D eigenvalue weighted by atomic mass is 19.1. The molecular weight excluding hydrogens is 323 g/mol. The van der Waals surface area contributed by atoms with Gasteiger partial charge in [0.1, 0.15) is 17.7 Å². The number of hydrogen-bond acceptors (Lipinski definition) is 4. The molecule has 1 aromatic carbocycles. The molecule has 1 saturated heterocycles. The predicted octanol–water partition coefficient (Wildman–Crippen LogP) is 1.48. The minimum absolute atomic E-state index is 0.0718. The van der Waals surface area contributed by atoms with Gasteiger partial charge in [0.2, 0.25) is 0 Å². The Labute approximate surface area is 149 Å². The predicted molar refractivity (Wildman–Crippen MR) is 97.7 cm³/mol. The van der Waals surface area contributed by atoms with Crippen LogP contribution in [0.1, 0.15) is 13.3 Å². The van der Waals surface area contributed by atoms with E-state index in [1.807, 2.05) is 6.92 Å². The van der Waals surface area contributed by atoms with E-state index in [0.29, 0.717) is 24.8 Å². The Morgan fingerprint density at radius 2 is 2.32 bits per heavy atom. The molecule has 6 nitrogen and oxygen atoms in total. The van der Waals surface area contributed by atoms with Crippen LogP contribution < -0.4 is 15.4 Å². The van der Waals surface area contributed by atoms with Gasteiger partial charge in [0, 0.05) is 32.7 Å². The molecule has 0 spiro atoms. The quantitative estimate of drug-likeness (QED) is 0.575. The molecule has 0 bridgehead atoms. The smallest absolute Gasteiger partial charge is 0.191 e. The highest BCUT2D eigenvalue weighted by Crippen LogP contribution is 2.14. The van der Waals surface area contributed by atoms with Gasteiger partial charge in [-0.05, 0) is 25.6 Å². The summed E-state index contributed by atoms with van der Waals surface area (Å²) < 4.78 is 24.8. The van der Waals surface area contributed by atoms with E-state index in [1.165, 1.54) is 12.1 Å². The molecule has 0 amide bonds. The first-order valence-electron chi connectivity index (χ1n) is 8.77. The Kier molecular flexibility index (Phi) is 7.94. The van der Waals surface area contributed by atoms with Crippen molar-refractivity contribution in [3.05, 3.63) is 30.1 Å². The van der Waals surface area contributed by atoms with Crippen molar-refractivity contribution in [3.8, 4) is 5.75 Å². The minimum atomic E-state index is -0.296. The molecular formula is C18H29FN4O2. The van der Waals surface area contributed by atoms with Crippen LogP contribution in [0, 0.1) is 5.82 Å². The van der Waals surface area contributed by atoms with Crippen molar-refractivity contribution in [2.45, 2.75) is 25.6 Å². The van der Waals surface area contributed by atoms with Crippen molar-refractivity contribution >= 4 is 5.96 Å². The van der Waals surface area contributed by atoms with Crippen LogP contribution in [0.3, 0.4) is 0 Å². The third-order valence-electron chi connectivity index (χ3n) is 4.11. The maximum Gasteiger partial charge on any atom is 0.191 e. The van der Waals surface area contributed by atoms with Gasteiger partial charge in [0.25, 0.3) is 0 Å². The topological polar surface area (TPSA) is 58.1 Å². The Morgan fingerprint density at radius 3 is 3.00 bits per heavy atom. The Balaban J connectivity index is 1.76. The standard InChI is InChI=1S/C18H29FN4O2/c1-4-15(25-16-7-5-6-14(19)10-16)11-21-18(20-2)22-12-17-13-23(3)8-9-24-17/h5-7,10,15,17H,4,8-9,11-13H2,1-3H3,(H2,20,21,22). The van der Waals surface area contributed by atoms with Gasteiger partial charge in [-0.25, -0.2) is 4.39 Å². The summed E-state index contributed by atoms with van der Waals surface area (Å²) in [6.45, 7) is 5.95. The fourth-order valence-electron chi connectivity index (χ4n) is 2.63. The summed E-state index contributed by atoms with van der Waals surface area (Å²) in [5, 5.41) is 6.54.